The number of sulfonamides is 2. The number of nitrogens with two attached hydrogens (primary N) is 1. The van der Waals surface area contributed by atoms with Crippen molar-refractivity contribution in [3.8, 4) is 0 Å². The molecule has 2 aromatic rings. The van der Waals surface area contributed by atoms with Crippen molar-refractivity contribution in [2.24, 2.45) is 5.14 Å². The SMILES string of the molecule is CC(C)c1ccc(S(=O)(=O)Nc2cc(S(N)(=O)=O)ccc2N(C)C)cc1. The molecule has 0 saturated heterocycles. The van der Waals surface area contributed by atoms with Gasteiger partial charge in [0.15, 0.2) is 0 Å². The third-order valence-corrected chi connectivity index (χ3v) is 6.17. The molecular formula is C17H23N3O4S2. The Kier molecular flexibility index (Phi) is 5.64. The number of hydrogen-bond donors (Lipinski definition) is 2. The standard InChI is InChI=1S/C17H23N3O4S2/c1-12(2)13-5-7-14(8-6-13)26(23,24)19-16-11-15(25(18,21)22)9-10-17(16)20(3)4/h5-12,19H,1-4H3,(H2,18,21,22). The summed E-state index contributed by atoms with van der Waals surface area (Å²) in [4.78, 5) is 1.59. The van der Waals surface area contributed by atoms with E-state index in [0.717, 1.165) is 5.56 Å². The molecule has 0 aliphatic rings. The molecule has 2 rings (SSSR count). The van der Waals surface area contributed by atoms with Gasteiger partial charge in [0, 0.05) is 14.1 Å². The van der Waals surface area contributed by atoms with Gasteiger partial charge in [-0.1, -0.05) is 26.0 Å². The molecule has 2 aromatic carbocycles. The predicted octanol–water partition coefficient (Wildman–Crippen LogP) is 2.32. The number of rotatable bonds is 6. The van der Waals surface area contributed by atoms with Crippen molar-refractivity contribution in [2.75, 3.05) is 23.7 Å². The fraction of sp³-hybridized carbons (Fsp3) is 0.294. The second-order valence-electron chi connectivity index (χ2n) is 6.45. The van der Waals surface area contributed by atoms with Crippen LogP contribution in [0.3, 0.4) is 0 Å². The minimum atomic E-state index is -3.96. The molecule has 9 heteroatoms. The highest BCUT2D eigenvalue weighted by Crippen LogP contribution is 2.29. The van der Waals surface area contributed by atoms with Gasteiger partial charge in [0.05, 0.1) is 21.2 Å². The van der Waals surface area contributed by atoms with Crippen LogP contribution in [0.25, 0.3) is 0 Å². The first-order valence-electron chi connectivity index (χ1n) is 7.89. The minimum absolute atomic E-state index is 0.0904. The summed E-state index contributed by atoms with van der Waals surface area (Å²) in [5.41, 5.74) is 1.67. The average Bonchev–Trinajstić information content (AvgIpc) is 2.53. The molecule has 7 nitrogen and oxygen atoms in total. The Hall–Kier alpha value is -2.10. The van der Waals surface area contributed by atoms with Gasteiger partial charge in [-0.3, -0.25) is 4.72 Å². The van der Waals surface area contributed by atoms with Crippen LogP contribution in [0.2, 0.25) is 0 Å². The Labute approximate surface area is 154 Å². The maximum absolute atomic E-state index is 12.7. The Morgan fingerprint density at radius 3 is 1.92 bits per heavy atom. The second kappa shape index (κ2) is 7.26. The molecule has 0 saturated carbocycles. The van der Waals surface area contributed by atoms with Crippen molar-refractivity contribution in [1.82, 2.24) is 0 Å². The van der Waals surface area contributed by atoms with Crippen LogP contribution in [-0.2, 0) is 20.0 Å². The van der Waals surface area contributed by atoms with Crippen molar-refractivity contribution >= 4 is 31.4 Å². The van der Waals surface area contributed by atoms with E-state index in [1.165, 1.54) is 30.3 Å². The predicted molar refractivity (Wildman–Crippen MR) is 103 cm³/mol. The zero-order valence-electron chi connectivity index (χ0n) is 15.1. The molecular weight excluding hydrogens is 374 g/mol. The zero-order chi connectivity index (χ0) is 19.7. The van der Waals surface area contributed by atoms with Gasteiger partial charge in [-0.15, -0.1) is 0 Å². The third kappa shape index (κ3) is 4.54. The van der Waals surface area contributed by atoms with Gasteiger partial charge in [-0.05, 0) is 41.8 Å². The van der Waals surface area contributed by atoms with Crippen molar-refractivity contribution in [2.45, 2.75) is 29.6 Å². The van der Waals surface area contributed by atoms with E-state index in [0.29, 0.717) is 5.69 Å². The van der Waals surface area contributed by atoms with Crippen molar-refractivity contribution in [1.29, 1.82) is 0 Å². The number of nitrogens with zero attached hydrogens (tertiary/aromatic N) is 1. The summed E-state index contributed by atoms with van der Waals surface area (Å²) in [6.45, 7) is 4.04. The lowest BCUT2D eigenvalue weighted by Gasteiger charge is -2.19. The fourth-order valence-corrected chi connectivity index (χ4v) is 4.00. The molecule has 142 valence electrons. The highest BCUT2D eigenvalue weighted by molar-refractivity contribution is 7.92. The maximum Gasteiger partial charge on any atom is 0.261 e. The lowest BCUT2D eigenvalue weighted by Crippen LogP contribution is -2.19. The van der Waals surface area contributed by atoms with E-state index in [9.17, 15) is 16.8 Å². The first-order valence-corrected chi connectivity index (χ1v) is 10.9. The van der Waals surface area contributed by atoms with Crippen LogP contribution in [0.15, 0.2) is 52.3 Å². The van der Waals surface area contributed by atoms with Crippen LogP contribution in [0.1, 0.15) is 25.3 Å². The summed E-state index contributed by atoms with van der Waals surface area (Å²) in [5, 5.41) is 5.15. The molecule has 0 unspecified atom stereocenters. The van der Waals surface area contributed by atoms with E-state index in [1.54, 1.807) is 31.1 Å². The highest BCUT2D eigenvalue weighted by atomic mass is 32.2. The smallest absolute Gasteiger partial charge is 0.261 e. The summed E-state index contributed by atoms with van der Waals surface area (Å²) < 4.78 is 51.1. The summed E-state index contributed by atoms with van der Waals surface area (Å²) >= 11 is 0. The number of nitrogens with one attached hydrogen (secondary N) is 1. The monoisotopic (exact) mass is 397 g/mol. The molecule has 0 amide bonds. The van der Waals surface area contributed by atoms with Crippen LogP contribution in [-0.4, -0.2) is 30.9 Å². The molecule has 0 spiro atoms. The summed E-state index contributed by atoms with van der Waals surface area (Å²) in [5.74, 6) is 0.284. The first-order chi connectivity index (χ1) is 11.9. The molecule has 0 atom stereocenters. The second-order valence-corrected chi connectivity index (χ2v) is 9.69. The Bertz CT molecular complexity index is 997. The van der Waals surface area contributed by atoms with Gasteiger partial charge >= 0.3 is 0 Å². The molecule has 0 aliphatic carbocycles. The van der Waals surface area contributed by atoms with E-state index in [4.69, 9.17) is 5.14 Å². The molecule has 0 radical (unpaired) electrons. The third-order valence-electron chi connectivity index (χ3n) is 3.88. The van der Waals surface area contributed by atoms with Crippen LogP contribution in [0.4, 0.5) is 11.4 Å². The number of primary sulfonamides is 1. The molecule has 0 bridgehead atoms. The summed E-state index contributed by atoms with van der Waals surface area (Å²) in [6.07, 6.45) is 0. The highest BCUT2D eigenvalue weighted by Gasteiger charge is 2.19. The molecule has 0 heterocycles. The van der Waals surface area contributed by atoms with Gasteiger partial charge in [-0.2, -0.15) is 0 Å². The van der Waals surface area contributed by atoms with E-state index in [-0.39, 0.29) is 21.4 Å². The van der Waals surface area contributed by atoms with Crippen LogP contribution in [0, 0.1) is 0 Å². The molecule has 0 aromatic heterocycles. The van der Waals surface area contributed by atoms with Crippen LogP contribution >= 0.6 is 0 Å². The summed E-state index contributed by atoms with van der Waals surface area (Å²) in [7, 11) is -4.40. The van der Waals surface area contributed by atoms with E-state index >= 15 is 0 Å². The normalized spacial score (nSPS) is 12.2. The van der Waals surface area contributed by atoms with Gasteiger partial charge in [0.1, 0.15) is 0 Å². The van der Waals surface area contributed by atoms with E-state index < -0.39 is 20.0 Å². The van der Waals surface area contributed by atoms with Gasteiger partial charge in [0.2, 0.25) is 10.0 Å². The topological polar surface area (TPSA) is 110 Å². The fourth-order valence-electron chi connectivity index (χ4n) is 2.40. The van der Waals surface area contributed by atoms with Crippen LogP contribution < -0.4 is 14.8 Å². The van der Waals surface area contributed by atoms with Crippen molar-refractivity contribution < 1.29 is 16.8 Å². The molecule has 0 fully saturated rings. The Morgan fingerprint density at radius 2 is 1.46 bits per heavy atom. The number of anilines is 2. The largest absolute Gasteiger partial charge is 0.376 e. The zero-order valence-corrected chi connectivity index (χ0v) is 16.7. The van der Waals surface area contributed by atoms with Crippen LogP contribution in [0.5, 0.6) is 0 Å². The van der Waals surface area contributed by atoms with Crippen molar-refractivity contribution in [3.05, 3.63) is 48.0 Å². The first kappa shape index (κ1) is 20.2. The number of benzene rings is 2. The van der Waals surface area contributed by atoms with E-state index in [1.807, 2.05) is 13.8 Å². The quantitative estimate of drug-likeness (QED) is 0.777. The molecule has 26 heavy (non-hydrogen) atoms. The van der Waals surface area contributed by atoms with Gasteiger partial charge in [-0.25, -0.2) is 22.0 Å². The average molecular weight is 398 g/mol. The van der Waals surface area contributed by atoms with Gasteiger partial charge < -0.3 is 4.90 Å². The maximum atomic E-state index is 12.7. The number of hydrogen-bond acceptors (Lipinski definition) is 5. The minimum Gasteiger partial charge on any atom is -0.376 e. The molecule has 3 N–H and O–H groups in total. The Morgan fingerprint density at radius 1 is 0.923 bits per heavy atom. The Balaban J connectivity index is 2.47. The van der Waals surface area contributed by atoms with Gasteiger partial charge in [0.25, 0.3) is 10.0 Å². The summed E-state index contributed by atoms with van der Waals surface area (Å²) in [6, 6.07) is 10.6. The van der Waals surface area contributed by atoms with E-state index in [2.05, 4.69) is 4.72 Å². The van der Waals surface area contributed by atoms with Crippen molar-refractivity contribution in [3.63, 3.8) is 0 Å². The lowest BCUT2D eigenvalue weighted by molar-refractivity contribution is 0.596. The lowest BCUT2D eigenvalue weighted by atomic mass is 10.0. The molecule has 0 aliphatic heterocycles.